The van der Waals surface area contributed by atoms with Crippen LogP contribution in [0.1, 0.15) is 131 Å². The van der Waals surface area contributed by atoms with Gasteiger partial charge in [0.15, 0.2) is 16.1 Å². The van der Waals surface area contributed by atoms with Gasteiger partial charge in [0.1, 0.15) is 29.3 Å². The van der Waals surface area contributed by atoms with Gasteiger partial charge >= 0.3 is 19.1 Å². The number of ether oxygens (including phenoxy) is 4. The molecule has 2 unspecified atom stereocenters. The standard InChI is InChI=1S/C26H24Cl2N6O4.C20H17BrCl2N4O2.C6H9BN2O4.13H2/c1-13(2)33-21-19(30-22(33)17-11-29-26(38-5)31-23(17)37-4)25(36)34(18-10-16(28)12-32(3)24(18)35)20(21)14-6-8-15(27)9-7-14;1-10(2)26-17-15(24-20(26)21)19(29)27(14-8-13(23)9-25(3)18(14)28)16(17)11-4-6-12(22)7-5-11;1-12-5-4(7(10)11)3-8-6(9-5)13-2;;;;;;;;;;;;;/h6-13,20H,1-5H3;4-10,16H,1-3H3;3,10-11H,1-2H3;13*1H/i;;;11*1+1D;2*1+1. The molecular weight excluding hydrogens is 1190 g/mol. The maximum atomic E-state index is 14.0. The fraction of sp³-hybridized carbons (Fsp3) is 0.269. The third kappa shape index (κ3) is 11.2. The summed E-state index contributed by atoms with van der Waals surface area (Å²) in [5, 5.41) is 19.5. The molecular formula is C52H76BBrCl4N12O10. The first-order valence-electron chi connectivity index (χ1n) is 35.1. The van der Waals surface area contributed by atoms with Gasteiger partial charge in [-0.15, -0.1) is 0 Å². The van der Waals surface area contributed by atoms with Crippen LogP contribution in [0, 0.1) is 0 Å². The zero-order valence-corrected chi connectivity index (χ0v) is 49.0. The van der Waals surface area contributed by atoms with Crippen molar-refractivity contribution in [3.8, 4) is 35.2 Å². The lowest BCUT2D eigenvalue weighted by atomic mass is 9.82. The van der Waals surface area contributed by atoms with Crippen LogP contribution in [0.25, 0.3) is 11.4 Å². The smallest absolute Gasteiger partial charge is 0.481 e. The maximum Gasteiger partial charge on any atom is 0.495 e. The number of methoxy groups -OCH3 is 4. The van der Waals surface area contributed by atoms with E-state index in [1.807, 2.05) is 61.1 Å². The average molecular weight is 1290 g/mol. The predicted octanol–water partition coefficient (Wildman–Crippen LogP) is 11.0. The van der Waals surface area contributed by atoms with Gasteiger partial charge < -0.3 is 47.3 Å². The van der Waals surface area contributed by atoms with E-state index < -0.39 is 25.1 Å². The third-order valence-electron chi connectivity index (χ3n) is 12.7. The van der Waals surface area contributed by atoms with Crippen LogP contribution in [0.2, 0.25) is 20.1 Å². The molecule has 0 bridgehead atoms. The molecule has 2 atom stereocenters. The van der Waals surface area contributed by atoms with Crippen LogP contribution in [0.4, 0.5) is 11.4 Å². The number of imidazole rings is 2. The van der Waals surface area contributed by atoms with Crippen molar-refractivity contribution in [3.63, 3.8) is 0 Å². The highest BCUT2D eigenvalue weighted by molar-refractivity contribution is 9.10. The number of aromatic nitrogens is 10. The summed E-state index contributed by atoms with van der Waals surface area (Å²) < 4.78 is 137. The minimum Gasteiger partial charge on any atom is -0.481 e. The van der Waals surface area contributed by atoms with Crippen molar-refractivity contribution in [2.45, 2.75) is 51.9 Å². The Kier molecular flexibility index (Phi) is 13.7. The van der Waals surface area contributed by atoms with Crippen molar-refractivity contribution in [1.82, 2.24) is 48.2 Å². The Balaban J connectivity index is -0.000000322. The lowest BCUT2D eigenvalue weighted by Crippen LogP contribution is -2.36. The van der Waals surface area contributed by atoms with Crippen molar-refractivity contribution in [1.29, 1.82) is 0 Å². The van der Waals surface area contributed by atoms with E-state index in [-0.39, 0.29) is 78.3 Å². The van der Waals surface area contributed by atoms with Crippen LogP contribution in [0.15, 0.2) is 99.8 Å². The van der Waals surface area contributed by atoms with Gasteiger partial charge in [-0.2, -0.15) is 9.97 Å². The SMILES string of the molecule is CC(C)n1c(Br)nc2c1C(c1ccc(Cl)cc1)N(c1cc(Cl)cn(C)c1=O)C2=O.COc1ncc(-c2nc3c(n2C(C)C)C(c2ccc(Cl)cc2)N(c2cc(Cl)cn(C)c2=O)C3=O)c(OC)n1.COc1ncc(B(O)O)c(OC)n1.[2HH].[2HH].[2H][2H].[2H][2H].[2H][2H].[2H][2H].[2H][2H].[2H][2H].[2H][2H].[2H][2H].[2H][2H].[2H][2H].[2H][2H]. The van der Waals surface area contributed by atoms with E-state index in [0.29, 0.717) is 47.6 Å². The summed E-state index contributed by atoms with van der Waals surface area (Å²) in [4.78, 5) is 81.7. The fourth-order valence-corrected chi connectivity index (χ4v) is 10.8. The molecule has 8 heterocycles. The third-order valence-corrected chi connectivity index (χ3v) is 14.2. The number of pyridine rings is 2. The van der Waals surface area contributed by atoms with E-state index in [4.69, 9.17) is 113 Å². The summed E-state index contributed by atoms with van der Waals surface area (Å²) in [6.45, 7) is 7.98. The van der Waals surface area contributed by atoms with Gasteiger partial charge in [-0.25, -0.2) is 19.9 Å². The maximum absolute atomic E-state index is 14.0. The molecule has 2 N–H and O–H groups in total. The molecule has 2 aliphatic heterocycles. The lowest BCUT2D eigenvalue weighted by molar-refractivity contribution is 0.0981. The summed E-state index contributed by atoms with van der Waals surface area (Å²) in [6, 6.07) is 16.3. The summed E-state index contributed by atoms with van der Waals surface area (Å²) in [5.41, 5.74) is 3.67. The van der Waals surface area contributed by atoms with Crippen LogP contribution in [-0.2, 0) is 14.1 Å². The van der Waals surface area contributed by atoms with E-state index >= 15 is 0 Å². The molecule has 0 saturated carbocycles. The number of anilines is 2. The zero-order chi connectivity index (χ0) is 80.2. The molecule has 0 spiro atoms. The molecule has 2 amide bonds. The molecule has 8 aromatic rings. The Labute approximate surface area is 523 Å². The normalized spacial score (nSPS) is 15.5. The molecule has 10 rings (SSSR count). The summed E-state index contributed by atoms with van der Waals surface area (Å²) >= 11 is 28.3. The van der Waals surface area contributed by atoms with Gasteiger partial charge in [0, 0.05) is 96.5 Å². The number of aryl methyl sites for hydroxylation is 2. The number of amides is 2. The van der Waals surface area contributed by atoms with Crippen molar-refractivity contribution >= 4 is 98.1 Å². The van der Waals surface area contributed by atoms with Gasteiger partial charge in [-0.1, -0.05) is 70.7 Å². The topological polar surface area (TPSA) is 249 Å². The van der Waals surface area contributed by atoms with E-state index in [1.54, 1.807) is 44.6 Å². The van der Waals surface area contributed by atoms with Crippen molar-refractivity contribution < 1.29 is 74.1 Å². The van der Waals surface area contributed by atoms with Crippen LogP contribution < -0.4 is 45.3 Å². The fourth-order valence-electron chi connectivity index (χ4n) is 9.22. The quantitative estimate of drug-likeness (QED) is 0.108. The van der Waals surface area contributed by atoms with E-state index in [2.05, 4.69) is 40.8 Å². The van der Waals surface area contributed by atoms with E-state index in [9.17, 15) is 19.2 Å². The second kappa shape index (κ2) is 24.2. The van der Waals surface area contributed by atoms with Crippen molar-refractivity contribution in [2.75, 3.05) is 38.2 Å². The molecule has 442 valence electrons. The second-order valence-electron chi connectivity index (χ2n) is 18.4. The van der Waals surface area contributed by atoms with Gasteiger partial charge in [0.25, 0.3) is 22.9 Å². The Morgan fingerprint density at radius 2 is 1.02 bits per heavy atom. The minimum absolute atomic E-state index is 0. The lowest BCUT2D eigenvalue weighted by Gasteiger charge is -2.28. The highest BCUT2D eigenvalue weighted by Gasteiger charge is 2.47. The number of fused-ring (bicyclic) bond motifs is 2. The molecule has 0 fully saturated rings. The average Bonchev–Trinajstić information content (AvgIpc) is 1.57. The number of carbonyl (C=O) groups excluding carboxylic acids is 2. The molecule has 2 aromatic carbocycles. The number of benzene rings is 2. The van der Waals surface area contributed by atoms with Gasteiger partial charge in [-0.05, 0) is 91.1 Å². The van der Waals surface area contributed by atoms with Crippen LogP contribution in [0.3, 0.4) is 0 Å². The number of hydrogen-bond acceptors (Lipinski definition) is 16. The largest absolute Gasteiger partial charge is 0.495 e. The highest BCUT2D eigenvalue weighted by Crippen LogP contribution is 2.46. The van der Waals surface area contributed by atoms with Crippen molar-refractivity contribution in [2.24, 2.45) is 14.1 Å². The molecule has 0 saturated heterocycles. The van der Waals surface area contributed by atoms with E-state index in [0.717, 1.165) is 16.8 Å². The number of rotatable bonds is 12. The minimum atomic E-state index is -1.65. The van der Waals surface area contributed by atoms with E-state index in [1.165, 1.54) is 78.1 Å². The zero-order valence-electron chi connectivity index (χ0n) is 66.4. The molecule has 0 radical (unpaired) electrons. The first kappa shape index (κ1) is 45.4. The van der Waals surface area contributed by atoms with Crippen LogP contribution >= 0.6 is 62.3 Å². The summed E-state index contributed by atoms with van der Waals surface area (Å²) in [5.74, 6) is 0.00331. The monoisotopic (exact) mass is 1280 g/mol. The second-order valence-corrected chi connectivity index (χ2v) is 20.8. The van der Waals surface area contributed by atoms with Crippen LogP contribution in [-0.4, -0.2) is 106 Å². The molecule has 6 aromatic heterocycles. The Hall–Kier alpha value is -7.32. The van der Waals surface area contributed by atoms with Gasteiger partial charge in [0.2, 0.25) is 11.8 Å². The molecule has 0 aliphatic carbocycles. The van der Waals surface area contributed by atoms with Gasteiger partial charge in [-0.3, -0.25) is 29.0 Å². The van der Waals surface area contributed by atoms with Crippen LogP contribution in [0.5, 0.6) is 23.8 Å². The predicted molar refractivity (Wildman–Crippen MR) is 333 cm³/mol. The Bertz CT molecular complexity index is 3870. The molecule has 28 heteroatoms. The number of halogens is 5. The first-order valence-corrected chi connectivity index (χ1v) is 26.4. The highest BCUT2D eigenvalue weighted by atomic mass is 79.9. The summed E-state index contributed by atoms with van der Waals surface area (Å²) in [7, 11) is 7.26. The molecule has 22 nitrogen and oxygen atoms in total. The number of nitrogens with zero attached hydrogens (tertiary/aromatic N) is 12. The first-order chi connectivity index (χ1) is 49.0. The Morgan fingerprint density at radius 3 is 1.45 bits per heavy atom. The van der Waals surface area contributed by atoms with Gasteiger partial charge in [0.05, 0.1) is 60.9 Å². The number of hydrogen-bond donors (Lipinski definition) is 2. The van der Waals surface area contributed by atoms with Crippen molar-refractivity contribution in [3.05, 3.63) is 165 Å². The Morgan fingerprint density at radius 1 is 0.600 bits per heavy atom. The summed E-state index contributed by atoms with van der Waals surface area (Å²) in [6.07, 6.45) is 5.79. The number of carbonyl (C=O) groups is 2. The molecule has 2 aliphatic rings. The molecule has 80 heavy (non-hydrogen) atoms.